The van der Waals surface area contributed by atoms with E-state index < -0.39 is 11.4 Å². The van der Waals surface area contributed by atoms with Gasteiger partial charge in [-0.1, -0.05) is 114 Å². The molecule has 2 rings (SSSR count). The van der Waals surface area contributed by atoms with E-state index in [2.05, 4.69) is 83.1 Å². The zero-order valence-electron chi connectivity index (χ0n) is 27.1. The fourth-order valence-electron chi connectivity index (χ4n) is 4.87. The van der Waals surface area contributed by atoms with Crippen molar-refractivity contribution in [1.82, 2.24) is 0 Å². The highest BCUT2D eigenvalue weighted by molar-refractivity contribution is 5.71. The number of aromatic hydroxyl groups is 2. The third-order valence-electron chi connectivity index (χ3n) is 7.33. The minimum absolute atomic E-state index is 0.122. The first-order valence-corrected chi connectivity index (χ1v) is 14.0. The molecular weight excluding hydrogens is 504 g/mol. The van der Waals surface area contributed by atoms with Gasteiger partial charge in [-0.2, -0.15) is 0 Å². The topological polar surface area (TPSA) is 118 Å². The van der Waals surface area contributed by atoms with Gasteiger partial charge in [0.05, 0.1) is 19.6 Å². The summed E-state index contributed by atoms with van der Waals surface area (Å²) in [5.74, 6) is -0.358. The van der Waals surface area contributed by atoms with Gasteiger partial charge in [-0.3, -0.25) is 4.79 Å². The monoisotopic (exact) mass is 558 g/mol. The van der Waals surface area contributed by atoms with Crippen LogP contribution in [0.1, 0.15) is 130 Å². The first kappa shape index (κ1) is 35.5. The number of aliphatic hydroxyl groups is 2. The Bertz CT molecular complexity index is 1030. The maximum Gasteiger partial charge on any atom is 0.304 e. The van der Waals surface area contributed by atoms with Crippen molar-refractivity contribution in [3.05, 3.63) is 57.6 Å². The molecule has 2 aromatic carbocycles. The van der Waals surface area contributed by atoms with Gasteiger partial charge in [-0.15, -0.1) is 0 Å². The van der Waals surface area contributed by atoms with Gasteiger partial charge in [0.25, 0.3) is 0 Å². The predicted octanol–water partition coefficient (Wildman–Crippen LogP) is 7.04. The molecule has 0 aromatic heterocycles. The molecule has 6 nitrogen and oxygen atoms in total. The first-order chi connectivity index (χ1) is 17.8. The van der Waals surface area contributed by atoms with Crippen molar-refractivity contribution < 1.29 is 30.3 Å². The molecule has 0 fully saturated rings. The fourth-order valence-corrected chi connectivity index (χ4v) is 4.87. The number of aliphatic hydroxyl groups excluding tert-OH is 2. The van der Waals surface area contributed by atoms with Crippen LogP contribution >= 0.6 is 0 Å². The van der Waals surface area contributed by atoms with Crippen LogP contribution in [0.15, 0.2) is 24.3 Å². The van der Waals surface area contributed by atoms with Gasteiger partial charge in [0.15, 0.2) is 0 Å². The molecule has 0 aliphatic rings. The molecule has 0 atom stereocenters. The van der Waals surface area contributed by atoms with E-state index in [0.29, 0.717) is 0 Å². The molecule has 226 valence electrons. The van der Waals surface area contributed by atoms with Crippen LogP contribution in [0.5, 0.6) is 11.5 Å². The summed E-state index contributed by atoms with van der Waals surface area (Å²) in [4.78, 5) is 12.3. The minimum Gasteiger partial charge on any atom is -0.507 e. The second-order valence-corrected chi connectivity index (χ2v) is 15.2. The second kappa shape index (κ2) is 12.1. The van der Waals surface area contributed by atoms with Crippen LogP contribution in [0.25, 0.3) is 0 Å². The van der Waals surface area contributed by atoms with Crippen LogP contribution < -0.4 is 0 Å². The number of rotatable bonds is 5. The Morgan fingerprint density at radius 1 is 0.550 bits per heavy atom. The largest absolute Gasteiger partial charge is 0.507 e. The number of carboxylic acids is 1. The Labute approximate surface area is 242 Å². The van der Waals surface area contributed by atoms with Crippen molar-refractivity contribution in [3.8, 4) is 11.5 Å². The summed E-state index contributed by atoms with van der Waals surface area (Å²) < 4.78 is 0. The first-order valence-electron chi connectivity index (χ1n) is 14.0. The molecule has 40 heavy (non-hydrogen) atoms. The van der Waals surface area contributed by atoms with Crippen LogP contribution in [-0.4, -0.2) is 44.7 Å². The average molecular weight is 559 g/mol. The molecule has 0 radical (unpaired) electrons. The van der Waals surface area contributed by atoms with Gasteiger partial charge < -0.3 is 25.5 Å². The normalized spacial score (nSPS) is 13.1. The van der Waals surface area contributed by atoms with Crippen LogP contribution in [0, 0.1) is 0 Å². The number of phenolic OH excluding ortho intramolecular Hbond substituents is 2. The molecule has 6 heteroatoms. The summed E-state index contributed by atoms with van der Waals surface area (Å²) in [7, 11) is 0. The van der Waals surface area contributed by atoms with Gasteiger partial charge in [-0.05, 0) is 55.0 Å². The number of carboxylic acid groups (broad SMARTS) is 1. The lowest BCUT2D eigenvalue weighted by atomic mass is 9.67. The third kappa shape index (κ3) is 8.23. The standard InChI is InChI=1S/C32H48O4.C2H6O2/c1-28(2,3)21-14-19(15-22(26(21)35)29(4,5)6)32(13,18-25(33)34)20-16-23(30(7,8)9)27(36)24(17-20)31(10,11)12;3-1-2-4/h14-17,35-36H,18H2,1-13H3,(H,33,34);3-4H,1-2H2. The molecule has 0 amide bonds. The molecule has 0 aliphatic carbocycles. The van der Waals surface area contributed by atoms with Crippen LogP contribution in [0.2, 0.25) is 0 Å². The lowest BCUT2D eigenvalue weighted by Gasteiger charge is -2.37. The summed E-state index contributed by atoms with van der Waals surface area (Å²) in [5.41, 5.74) is 2.63. The van der Waals surface area contributed by atoms with Crippen LogP contribution in [0.3, 0.4) is 0 Å². The van der Waals surface area contributed by atoms with Crippen molar-refractivity contribution in [1.29, 1.82) is 0 Å². The molecular formula is C34H54O6. The van der Waals surface area contributed by atoms with Crippen LogP contribution in [0.4, 0.5) is 0 Å². The van der Waals surface area contributed by atoms with Gasteiger partial charge in [0.2, 0.25) is 0 Å². The van der Waals surface area contributed by atoms with E-state index in [-0.39, 0.29) is 52.8 Å². The van der Waals surface area contributed by atoms with E-state index in [4.69, 9.17) is 10.2 Å². The summed E-state index contributed by atoms with van der Waals surface area (Å²) >= 11 is 0. The summed E-state index contributed by atoms with van der Waals surface area (Å²) in [6.45, 7) is 26.4. The average Bonchev–Trinajstić information content (AvgIpc) is 2.75. The molecule has 0 saturated heterocycles. The Hall–Kier alpha value is -2.57. The zero-order valence-corrected chi connectivity index (χ0v) is 27.1. The molecule has 0 bridgehead atoms. The summed E-state index contributed by atoms with van der Waals surface area (Å²) in [6.07, 6.45) is -0.122. The second-order valence-electron chi connectivity index (χ2n) is 15.2. The number of carbonyl (C=O) groups is 1. The van der Waals surface area contributed by atoms with E-state index in [9.17, 15) is 20.1 Å². The highest BCUT2D eigenvalue weighted by Gasteiger charge is 2.38. The maximum atomic E-state index is 12.3. The van der Waals surface area contributed by atoms with E-state index in [1.165, 1.54) is 0 Å². The maximum absolute atomic E-state index is 12.3. The van der Waals surface area contributed by atoms with Gasteiger partial charge in [0, 0.05) is 5.41 Å². The van der Waals surface area contributed by atoms with Crippen molar-refractivity contribution in [2.45, 2.75) is 124 Å². The van der Waals surface area contributed by atoms with E-state index in [1.807, 2.05) is 31.2 Å². The summed E-state index contributed by atoms with van der Waals surface area (Å²) in [6, 6.07) is 7.92. The van der Waals surface area contributed by atoms with Crippen molar-refractivity contribution in [3.63, 3.8) is 0 Å². The molecule has 0 aliphatic heterocycles. The van der Waals surface area contributed by atoms with Gasteiger partial charge in [-0.25, -0.2) is 0 Å². The Morgan fingerprint density at radius 2 is 0.775 bits per heavy atom. The highest BCUT2D eigenvalue weighted by Crippen LogP contribution is 2.48. The third-order valence-corrected chi connectivity index (χ3v) is 7.33. The van der Waals surface area contributed by atoms with Crippen molar-refractivity contribution in [2.75, 3.05) is 13.2 Å². The molecule has 0 unspecified atom stereocenters. The fraction of sp³-hybridized carbons (Fsp3) is 0.618. The Morgan fingerprint density at radius 3 is 0.925 bits per heavy atom. The number of hydrogen-bond acceptors (Lipinski definition) is 5. The molecule has 0 heterocycles. The predicted molar refractivity (Wildman–Crippen MR) is 164 cm³/mol. The van der Waals surface area contributed by atoms with Crippen molar-refractivity contribution >= 4 is 5.97 Å². The quantitative estimate of drug-likeness (QED) is 0.269. The lowest BCUT2D eigenvalue weighted by Crippen LogP contribution is -2.31. The number of benzene rings is 2. The van der Waals surface area contributed by atoms with E-state index in [1.54, 1.807) is 0 Å². The van der Waals surface area contributed by atoms with E-state index in [0.717, 1.165) is 33.4 Å². The zero-order chi connectivity index (χ0) is 31.6. The van der Waals surface area contributed by atoms with E-state index >= 15 is 0 Å². The Balaban J connectivity index is 0.00000187. The number of aliphatic carboxylic acids is 1. The Kier molecular flexibility index (Phi) is 10.7. The molecule has 0 spiro atoms. The van der Waals surface area contributed by atoms with Gasteiger partial charge in [0.1, 0.15) is 11.5 Å². The van der Waals surface area contributed by atoms with Crippen LogP contribution in [-0.2, 0) is 31.9 Å². The summed E-state index contributed by atoms with van der Waals surface area (Å²) in [5, 5.41) is 47.9. The highest BCUT2D eigenvalue weighted by atomic mass is 16.4. The molecule has 0 saturated carbocycles. The smallest absolute Gasteiger partial charge is 0.304 e. The van der Waals surface area contributed by atoms with Gasteiger partial charge >= 0.3 is 5.97 Å². The minimum atomic E-state index is -0.900. The van der Waals surface area contributed by atoms with Crippen molar-refractivity contribution in [2.24, 2.45) is 0 Å². The number of phenols is 2. The molecule has 5 N–H and O–H groups in total. The lowest BCUT2D eigenvalue weighted by molar-refractivity contribution is -0.138. The SMILES string of the molecule is CC(C)(C)c1cc(C(C)(CC(=O)O)c2cc(C(C)(C)C)c(O)c(C(C)(C)C)c2)cc(C(C)(C)C)c1O.OCCO. The number of hydrogen-bond donors (Lipinski definition) is 5. The molecule has 2 aromatic rings.